The van der Waals surface area contributed by atoms with Crippen molar-refractivity contribution >= 4 is 28.9 Å². The van der Waals surface area contributed by atoms with Gasteiger partial charge in [-0.3, -0.25) is 14.0 Å². The second-order valence-corrected chi connectivity index (χ2v) is 7.31. The van der Waals surface area contributed by atoms with Crippen LogP contribution < -0.4 is 10.2 Å². The van der Waals surface area contributed by atoms with Gasteiger partial charge in [0, 0.05) is 30.6 Å². The lowest BCUT2D eigenvalue weighted by atomic mass is 10.00. The SMILES string of the molecule is CN1C(=O)C(NC(=O)c2ccc3ncccn23)N=C(c2ccccc2F)c2ccccc21. The molecule has 2 aromatic carbocycles. The van der Waals surface area contributed by atoms with E-state index in [9.17, 15) is 14.0 Å². The summed E-state index contributed by atoms with van der Waals surface area (Å²) in [6.07, 6.45) is 2.10. The molecule has 1 atom stereocenters. The number of aliphatic imine (C=N–C) groups is 1. The first-order valence-electron chi connectivity index (χ1n) is 9.97. The average molecular weight is 427 g/mol. The summed E-state index contributed by atoms with van der Waals surface area (Å²) >= 11 is 0. The van der Waals surface area contributed by atoms with Crippen LogP contribution in [-0.2, 0) is 4.79 Å². The van der Waals surface area contributed by atoms with Crippen LogP contribution in [-0.4, -0.2) is 40.1 Å². The van der Waals surface area contributed by atoms with Crippen molar-refractivity contribution < 1.29 is 14.0 Å². The van der Waals surface area contributed by atoms with Crippen molar-refractivity contribution in [1.82, 2.24) is 14.7 Å². The van der Waals surface area contributed by atoms with Gasteiger partial charge < -0.3 is 10.2 Å². The van der Waals surface area contributed by atoms with Gasteiger partial charge in [0.05, 0.1) is 11.4 Å². The zero-order valence-corrected chi connectivity index (χ0v) is 17.1. The summed E-state index contributed by atoms with van der Waals surface area (Å²) in [7, 11) is 1.61. The van der Waals surface area contributed by atoms with Crippen molar-refractivity contribution in [3.8, 4) is 0 Å². The summed E-state index contributed by atoms with van der Waals surface area (Å²) in [4.78, 5) is 36.5. The molecule has 8 heteroatoms. The van der Waals surface area contributed by atoms with Gasteiger partial charge in [0.2, 0.25) is 6.17 Å². The lowest BCUT2D eigenvalue weighted by Crippen LogP contribution is -2.46. The van der Waals surface area contributed by atoms with Crippen LogP contribution in [0.2, 0.25) is 0 Å². The van der Waals surface area contributed by atoms with Gasteiger partial charge in [0.25, 0.3) is 11.8 Å². The molecule has 0 saturated carbocycles. The maximum absolute atomic E-state index is 14.7. The van der Waals surface area contributed by atoms with E-state index in [1.165, 1.54) is 11.0 Å². The van der Waals surface area contributed by atoms with Gasteiger partial charge in [-0.25, -0.2) is 14.4 Å². The molecule has 32 heavy (non-hydrogen) atoms. The molecule has 1 aliphatic heterocycles. The van der Waals surface area contributed by atoms with Gasteiger partial charge >= 0.3 is 0 Å². The number of likely N-dealkylation sites (N-methyl/N-ethyl adjacent to an activating group) is 1. The molecule has 1 aliphatic rings. The standard InChI is InChI=1S/C24H18FN5O2/c1-29-18-10-5-3-8-16(18)21(15-7-2-4-9-17(15)25)27-22(24(29)32)28-23(31)19-11-12-20-26-13-6-14-30(19)20/h2-14,22H,1H3,(H,28,31). The Labute approximate surface area is 182 Å². The van der Waals surface area contributed by atoms with Crippen molar-refractivity contribution in [2.45, 2.75) is 6.17 Å². The first kappa shape index (κ1) is 19.6. The largest absolute Gasteiger partial charge is 0.321 e. The molecule has 0 saturated heterocycles. The van der Waals surface area contributed by atoms with E-state index < -0.39 is 23.8 Å². The second kappa shape index (κ2) is 7.73. The monoisotopic (exact) mass is 427 g/mol. The summed E-state index contributed by atoms with van der Waals surface area (Å²) < 4.78 is 16.3. The molecule has 5 rings (SSSR count). The quantitative estimate of drug-likeness (QED) is 0.546. The zero-order valence-electron chi connectivity index (χ0n) is 17.1. The minimum atomic E-state index is -1.24. The summed E-state index contributed by atoms with van der Waals surface area (Å²) in [5.41, 5.74) is 2.64. The molecule has 7 nitrogen and oxygen atoms in total. The van der Waals surface area contributed by atoms with Crippen LogP contribution in [0, 0.1) is 5.82 Å². The maximum Gasteiger partial charge on any atom is 0.272 e. The topological polar surface area (TPSA) is 79.1 Å². The molecule has 3 heterocycles. The maximum atomic E-state index is 14.7. The Morgan fingerprint density at radius 1 is 1.00 bits per heavy atom. The van der Waals surface area contributed by atoms with Crippen LogP contribution >= 0.6 is 0 Å². The molecular formula is C24H18FN5O2. The number of carbonyl (C=O) groups is 2. The smallest absolute Gasteiger partial charge is 0.272 e. The van der Waals surface area contributed by atoms with Gasteiger partial charge in [-0.1, -0.05) is 30.3 Å². The summed E-state index contributed by atoms with van der Waals surface area (Å²) in [6.45, 7) is 0. The Morgan fingerprint density at radius 2 is 1.75 bits per heavy atom. The summed E-state index contributed by atoms with van der Waals surface area (Å²) in [5.74, 6) is -1.39. The van der Waals surface area contributed by atoms with Gasteiger partial charge in [-0.2, -0.15) is 0 Å². The number of hydrogen-bond acceptors (Lipinski definition) is 4. The first-order chi connectivity index (χ1) is 15.5. The molecule has 2 amide bonds. The number of rotatable bonds is 3. The Bertz CT molecular complexity index is 1390. The molecule has 0 spiro atoms. The summed E-state index contributed by atoms with van der Waals surface area (Å²) in [5, 5.41) is 2.70. The Hall–Kier alpha value is -4.33. The number of halogens is 1. The fourth-order valence-corrected chi connectivity index (χ4v) is 3.81. The highest BCUT2D eigenvalue weighted by molar-refractivity contribution is 6.20. The normalized spacial score (nSPS) is 15.8. The van der Waals surface area contributed by atoms with Crippen molar-refractivity contribution in [1.29, 1.82) is 0 Å². The number of nitrogens with one attached hydrogen (secondary N) is 1. The summed E-state index contributed by atoms with van der Waals surface area (Å²) in [6, 6.07) is 18.4. The van der Waals surface area contributed by atoms with Crippen molar-refractivity contribution in [2.75, 3.05) is 11.9 Å². The van der Waals surface area contributed by atoms with E-state index in [1.54, 1.807) is 84.5 Å². The highest BCUT2D eigenvalue weighted by atomic mass is 19.1. The molecule has 0 radical (unpaired) electrons. The Morgan fingerprint density at radius 3 is 2.56 bits per heavy atom. The van der Waals surface area contributed by atoms with Crippen LogP contribution in [0.5, 0.6) is 0 Å². The number of carbonyl (C=O) groups excluding carboxylic acids is 2. The van der Waals surface area contributed by atoms with Crippen molar-refractivity contribution in [2.24, 2.45) is 4.99 Å². The van der Waals surface area contributed by atoms with Crippen LogP contribution in [0.1, 0.15) is 21.6 Å². The zero-order chi connectivity index (χ0) is 22.2. The lowest BCUT2D eigenvalue weighted by molar-refractivity contribution is -0.119. The van der Waals surface area contributed by atoms with E-state index in [4.69, 9.17) is 0 Å². The fourth-order valence-electron chi connectivity index (χ4n) is 3.81. The first-order valence-corrected chi connectivity index (χ1v) is 9.97. The Balaban J connectivity index is 1.60. The van der Waals surface area contributed by atoms with Crippen LogP contribution in [0.25, 0.3) is 5.65 Å². The molecule has 0 bridgehead atoms. The van der Waals surface area contributed by atoms with E-state index in [2.05, 4.69) is 15.3 Å². The van der Waals surface area contributed by atoms with E-state index in [0.717, 1.165) is 0 Å². The van der Waals surface area contributed by atoms with Crippen LogP contribution in [0.15, 0.2) is 84.1 Å². The number of amides is 2. The number of para-hydroxylation sites is 1. The number of fused-ring (bicyclic) bond motifs is 2. The number of aromatic nitrogens is 2. The Kier molecular flexibility index (Phi) is 4.74. The van der Waals surface area contributed by atoms with E-state index in [1.807, 2.05) is 0 Å². The highest BCUT2D eigenvalue weighted by Crippen LogP contribution is 2.28. The third-order valence-electron chi connectivity index (χ3n) is 5.40. The number of anilines is 1. The average Bonchev–Trinajstić information content (AvgIpc) is 3.22. The number of nitrogens with zero attached hydrogens (tertiary/aromatic N) is 4. The second-order valence-electron chi connectivity index (χ2n) is 7.31. The minimum Gasteiger partial charge on any atom is -0.321 e. The van der Waals surface area contributed by atoms with Crippen molar-refractivity contribution in [3.63, 3.8) is 0 Å². The molecule has 2 aromatic heterocycles. The van der Waals surface area contributed by atoms with E-state index in [-0.39, 0.29) is 5.56 Å². The number of benzene rings is 2. The number of benzodiazepines with no additional fused rings is 1. The van der Waals surface area contributed by atoms with Gasteiger partial charge in [0.15, 0.2) is 0 Å². The molecule has 158 valence electrons. The predicted molar refractivity (Wildman–Crippen MR) is 118 cm³/mol. The van der Waals surface area contributed by atoms with E-state index >= 15 is 0 Å². The molecule has 1 N–H and O–H groups in total. The van der Waals surface area contributed by atoms with Gasteiger partial charge in [-0.05, 0) is 36.4 Å². The predicted octanol–water partition coefficient (Wildman–Crippen LogP) is 3.04. The minimum absolute atomic E-state index is 0.250. The molecule has 0 fully saturated rings. The third kappa shape index (κ3) is 3.22. The number of hydrogen-bond donors (Lipinski definition) is 1. The van der Waals surface area contributed by atoms with Crippen LogP contribution in [0.4, 0.5) is 10.1 Å². The third-order valence-corrected chi connectivity index (χ3v) is 5.40. The fraction of sp³-hybridized carbons (Fsp3) is 0.0833. The van der Waals surface area contributed by atoms with Crippen molar-refractivity contribution in [3.05, 3.63) is 102 Å². The van der Waals surface area contributed by atoms with Gasteiger partial charge in [-0.15, -0.1) is 0 Å². The highest BCUT2D eigenvalue weighted by Gasteiger charge is 2.32. The van der Waals surface area contributed by atoms with Gasteiger partial charge in [0.1, 0.15) is 17.2 Å². The van der Waals surface area contributed by atoms with Crippen LogP contribution in [0.3, 0.4) is 0 Å². The van der Waals surface area contributed by atoms with E-state index in [0.29, 0.717) is 28.3 Å². The molecular weight excluding hydrogens is 409 g/mol. The molecule has 0 aliphatic carbocycles. The molecule has 4 aromatic rings. The molecule has 1 unspecified atom stereocenters. The lowest BCUT2D eigenvalue weighted by Gasteiger charge is -2.20.